The predicted octanol–water partition coefficient (Wildman–Crippen LogP) is 5.50. The Morgan fingerprint density at radius 3 is 2.83 bits per heavy atom. The number of fused-ring (bicyclic) bond motifs is 5. The summed E-state index contributed by atoms with van der Waals surface area (Å²) in [4.78, 5) is 13.0. The second-order valence-electron chi connectivity index (χ2n) is 8.23. The lowest BCUT2D eigenvalue weighted by atomic mass is 9.64. The molecule has 3 unspecified atom stereocenters. The zero-order chi connectivity index (χ0) is 16.3. The van der Waals surface area contributed by atoms with Crippen LogP contribution in [0.1, 0.15) is 54.1 Å². The maximum Gasteiger partial charge on any atom is 0.163 e. The van der Waals surface area contributed by atoms with Crippen LogP contribution in [0.5, 0.6) is 0 Å². The van der Waals surface area contributed by atoms with E-state index in [9.17, 15) is 4.79 Å². The standard InChI is InChI=1S/C23H24O/c1-2-4-16-5-3-6-17-10-21-18(11-20(16)17)13-23(14-22(21)24)12-15-7-8-19(23)9-15/h3,5-8,10-11,15,19H,2,4,9,12-14H2,1H3. The lowest BCUT2D eigenvalue weighted by Crippen LogP contribution is -2.35. The number of aryl methyl sites for hydroxylation is 1. The molecule has 3 aliphatic rings. The zero-order valence-corrected chi connectivity index (χ0v) is 14.3. The minimum absolute atomic E-state index is 0.219. The van der Waals surface area contributed by atoms with E-state index in [0.29, 0.717) is 11.7 Å². The molecule has 1 saturated carbocycles. The second-order valence-corrected chi connectivity index (χ2v) is 8.23. The minimum atomic E-state index is 0.219. The Labute approximate surface area is 143 Å². The molecule has 0 saturated heterocycles. The molecular formula is C23H24O. The third-order valence-electron chi connectivity index (χ3n) is 6.70. The normalized spacial score (nSPS) is 30.5. The molecule has 0 radical (unpaired) electrons. The van der Waals surface area contributed by atoms with Crippen LogP contribution in [0.4, 0.5) is 0 Å². The topological polar surface area (TPSA) is 17.1 Å². The van der Waals surface area contributed by atoms with Crippen molar-refractivity contribution in [2.75, 3.05) is 0 Å². The molecule has 24 heavy (non-hydrogen) atoms. The highest BCUT2D eigenvalue weighted by Gasteiger charge is 2.51. The van der Waals surface area contributed by atoms with Gasteiger partial charge in [0.2, 0.25) is 0 Å². The molecule has 2 bridgehead atoms. The number of ketones is 1. The molecule has 0 heterocycles. The molecule has 1 spiro atoms. The molecule has 1 fully saturated rings. The summed E-state index contributed by atoms with van der Waals surface area (Å²) in [5.74, 6) is 1.72. The van der Waals surface area contributed by atoms with E-state index in [1.54, 1.807) is 0 Å². The molecule has 3 aliphatic carbocycles. The first-order valence-corrected chi connectivity index (χ1v) is 9.44. The van der Waals surface area contributed by atoms with Crippen LogP contribution in [-0.4, -0.2) is 5.78 Å². The first-order valence-electron chi connectivity index (χ1n) is 9.44. The molecule has 0 aromatic heterocycles. The summed E-state index contributed by atoms with van der Waals surface area (Å²) < 4.78 is 0. The first kappa shape index (κ1) is 14.5. The Morgan fingerprint density at radius 1 is 1.17 bits per heavy atom. The van der Waals surface area contributed by atoms with Crippen molar-refractivity contribution < 1.29 is 4.79 Å². The molecule has 2 aromatic carbocycles. The van der Waals surface area contributed by atoms with E-state index in [2.05, 4.69) is 49.4 Å². The van der Waals surface area contributed by atoms with Crippen molar-refractivity contribution in [3.63, 3.8) is 0 Å². The van der Waals surface area contributed by atoms with Gasteiger partial charge in [0, 0.05) is 12.0 Å². The van der Waals surface area contributed by atoms with Gasteiger partial charge in [0.25, 0.3) is 0 Å². The van der Waals surface area contributed by atoms with Gasteiger partial charge in [0.05, 0.1) is 0 Å². The number of rotatable bonds is 2. The molecule has 0 aliphatic heterocycles. The Hall–Kier alpha value is -1.89. The molecular weight excluding hydrogens is 292 g/mol. The largest absolute Gasteiger partial charge is 0.294 e. The van der Waals surface area contributed by atoms with Crippen LogP contribution in [0.15, 0.2) is 42.5 Å². The van der Waals surface area contributed by atoms with Gasteiger partial charge >= 0.3 is 0 Å². The molecule has 0 N–H and O–H groups in total. The molecule has 5 rings (SSSR count). The molecule has 1 nitrogen and oxygen atoms in total. The van der Waals surface area contributed by atoms with Gasteiger partial charge in [-0.1, -0.05) is 49.8 Å². The van der Waals surface area contributed by atoms with Gasteiger partial charge in [0.1, 0.15) is 0 Å². The molecule has 122 valence electrons. The predicted molar refractivity (Wildman–Crippen MR) is 98.4 cm³/mol. The maximum atomic E-state index is 13.0. The summed E-state index contributed by atoms with van der Waals surface area (Å²) in [6.45, 7) is 2.23. The third kappa shape index (κ3) is 1.97. The fourth-order valence-electron chi connectivity index (χ4n) is 5.65. The quantitative estimate of drug-likeness (QED) is 0.668. The van der Waals surface area contributed by atoms with Crippen LogP contribution in [-0.2, 0) is 12.8 Å². The number of allylic oxidation sites excluding steroid dienone is 2. The number of hydrogen-bond acceptors (Lipinski definition) is 1. The van der Waals surface area contributed by atoms with Gasteiger partial charge in [-0.05, 0) is 70.9 Å². The minimum Gasteiger partial charge on any atom is -0.294 e. The van der Waals surface area contributed by atoms with E-state index < -0.39 is 0 Å². The van der Waals surface area contributed by atoms with Gasteiger partial charge in [0.15, 0.2) is 5.78 Å². The number of carbonyl (C=O) groups excluding carboxylic acids is 1. The summed E-state index contributed by atoms with van der Waals surface area (Å²) in [5, 5.41) is 2.60. The third-order valence-corrected chi connectivity index (χ3v) is 6.70. The van der Waals surface area contributed by atoms with E-state index in [1.165, 1.54) is 34.7 Å². The van der Waals surface area contributed by atoms with E-state index in [0.717, 1.165) is 37.2 Å². The maximum absolute atomic E-state index is 13.0. The number of Topliss-reactive ketones (excluding diaryl/α,β-unsaturated/α-hetero) is 1. The fourth-order valence-corrected chi connectivity index (χ4v) is 5.65. The van der Waals surface area contributed by atoms with Gasteiger partial charge in [-0.2, -0.15) is 0 Å². The second kappa shape index (κ2) is 5.05. The average molecular weight is 316 g/mol. The first-order chi connectivity index (χ1) is 11.7. The highest BCUT2D eigenvalue weighted by atomic mass is 16.1. The number of carbonyl (C=O) groups is 1. The Morgan fingerprint density at radius 2 is 2.08 bits per heavy atom. The Balaban J connectivity index is 1.64. The van der Waals surface area contributed by atoms with Crippen LogP contribution in [0.25, 0.3) is 10.8 Å². The lowest BCUT2D eigenvalue weighted by molar-refractivity contribution is 0.0848. The van der Waals surface area contributed by atoms with Crippen molar-refractivity contribution >= 4 is 16.6 Å². The van der Waals surface area contributed by atoms with E-state index in [-0.39, 0.29) is 5.41 Å². The SMILES string of the molecule is CCCc1cccc2cc3c(cc12)CC1(CC3=O)CC2C=CC1C2. The van der Waals surface area contributed by atoms with E-state index in [1.807, 2.05) is 0 Å². The van der Waals surface area contributed by atoms with E-state index in [4.69, 9.17) is 0 Å². The summed E-state index contributed by atoms with van der Waals surface area (Å²) in [6, 6.07) is 11.1. The van der Waals surface area contributed by atoms with Crippen molar-refractivity contribution in [3.8, 4) is 0 Å². The van der Waals surface area contributed by atoms with Crippen LogP contribution in [0.2, 0.25) is 0 Å². The summed E-state index contributed by atoms with van der Waals surface area (Å²) in [7, 11) is 0. The van der Waals surface area contributed by atoms with Gasteiger partial charge in [-0.15, -0.1) is 0 Å². The molecule has 2 aromatic rings. The van der Waals surface area contributed by atoms with Crippen molar-refractivity contribution in [2.45, 2.75) is 45.4 Å². The monoisotopic (exact) mass is 316 g/mol. The van der Waals surface area contributed by atoms with Crippen LogP contribution in [0.3, 0.4) is 0 Å². The van der Waals surface area contributed by atoms with Gasteiger partial charge in [-0.25, -0.2) is 0 Å². The fraction of sp³-hybridized carbons (Fsp3) is 0.435. The zero-order valence-electron chi connectivity index (χ0n) is 14.3. The summed E-state index contributed by atoms with van der Waals surface area (Å²) in [6.07, 6.45) is 11.4. The number of hydrogen-bond donors (Lipinski definition) is 0. The van der Waals surface area contributed by atoms with Crippen molar-refractivity contribution in [1.29, 1.82) is 0 Å². The van der Waals surface area contributed by atoms with Crippen LogP contribution < -0.4 is 0 Å². The summed E-state index contributed by atoms with van der Waals surface area (Å²) >= 11 is 0. The number of benzene rings is 2. The van der Waals surface area contributed by atoms with Crippen LogP contribution >= 0.6 is 0 Å². The smallest absolute Gasteiger partial charge is 0.163 e. The van der Waals surface area contributed by atoms with Crippen molar-refractivity contribution in [3.05, 3.63) is 59.2 Å². The average Bonchev–Trinajstić information content (AvgIpc) is 3.15. The van der Waals surface area contributed by atoms with Crippen molar-refractivity contribution in [1.82, 2.24) is 0 Å². The lowest BCUT2D eigenvalue weighted by Gasteiger charge is -2.39. The summed E-state index contributed by atoms with van der Waals surface area (Å²) in [5.41, 5.74) is 3.95. The Kier molecular flexibility index (Phi) is 3.04. The van der Waals surface area contributed by atoms with Gasteiger partial charge < -0.3 is 0 Å². The Bertz CT molecular complexity index is 875. The van der Waals surface area contributed by atoms with Crippen LogP contribution in [0, 0.1) is 17.3 Å². The highest BCUT2D eigenvalue weighted by Crippen LogP contribution is 2.57. The highest BCUT2D eigenvalue weighted by molar-refractivity contribution is 6.03. The van der Waals surface area contributed by atoms with E-state index >= 15 is 0 Å². The molecule has 0 amide bonds. The van der Waals surface area contributed by atoms with Crippen molar-refractivity contribution in [2.24, 2.45) is 17.3 Å². The molecule has 1 heteroatoms. The molecule has 3 atom stereocenters. The van der Waals surface area contributed by atoms with Gasteiger partial charge in [-0.3, -0.25) is 4.79 Å².